The molecule has 0 spiro atoms. The Hall–Kier alpha value is -0.970. The molecular weight excluding hydrogens is 384 g/mol. The fourth-order valence-electron chi connectivity index (χ4n) is 3.21. The lowest BCUT2D eigenvalue weighted by Crippen LogP contribution is -2.67. The van der Waals surface area contributed by atoms with Gasteiger partial charge in [0.25, 0.3) is 5.79 Å². The van der Waals surface area contributed by atoms with E-state index >= 15 is 0 Å². The van der Waals surface area contributed by atoms with E-state index in [0.29, 0.717) is 0 Å². The lowest BCUT2D eigenvalue weighted by Gasteiger charge is -2.45. The predicted octanol–water partition coefficient (Wildman–Crippen LogP) is -5.23. The zero-order valence-corrected chi connectivity index (χ0v) is 15.1. The minimum absolute atomic E-state index is 0.653. The molecule has 0 amide bonds. The SMILES string of the molecule is C[C@@H](O[C@H]1O[C@H](CO)[C@@H](O)[C@H](O)[C@H]1O)[C@@H](N)[C@@H]1O[C@](O)(C(=O)O)C[C@H](O)[C@H]1N. The Morgan fingerprint density at radius 1 is 1.25 bits per heavy atom. The largest absolute Gasteiger partial charge is 0.477 e. The van der Waals surface area contributed by atoms with Crippen molar-refractivity contribution in [3.63, 3.8) is 0 Å². The lowest BCUT2D eigenvalue weighted by molar-refractivity contribution is -0.318. The molecule has 2 aliphatic heterocycles. The summed E-state index contributed by atoms with van der Waals surface area (Å²) in [7, 11) is 0. The van der Waals surface area contributed by atoms with Crippen molar-refractivity contribution >= 4 is 5.97 Å². The average Bonchev–Trinajstić information content (AvgIpc) is 2.64. The molecule has 0 aromatic carbocycles. The molecule has 164 valence electrons. The summed E-state index contributed by atoms with van der Waals surface area (Å²) in [4.78, 5) is 11.2. The molecule has 13 heteroatoms. The lowest BCUT2D eigenvalue weighted by atomic mass is 9.88. The van der Waals surface area contributed by atoms with Crippen LogP contribution in [0.5, 0.6) is 0 Å². The van der Waals surface area contributed by atoms with Crippen LogP contribution in [0.2, 0.25) is 0 Å². The topological polar surface area (TPSA) is 238 Å². The van der Waals surface area contributed by atoms with Gasteiger partial charge in [0.2, 0.25) is 0 Å². The number of nitrogens with two attached hydrogens (primary N) is 2. The number of carboxylic acid groups (broad SMARTS) is 1. The smallest absolute Gasteiger partial charge is 0.364 e. The van der Waals surface area contributed by atoms with E-state index in [-0.39, 0.29) is 0 Å². The van der Waals surface area contributed by atoms with Crippen molar-refractivity contribution in [3.8, 4) is 0 Å². The molecule has 11 N–H and O–H groups in total. The summed E-state index contributed by atoms with van der Waals surface area (Å²) < 4.78 is 15.8. The third kappa shape index (κ3) is 4.44. The maximum Gasteiger partial charge on any atom is 0.364 e. The van der Waals surface area contributed by atoms with Gasteiger partial charge in [-0.05, 0) is 6.92 Å². The van der Waals surface area contributed by atoms with Gasteiger partial charge in [0.15, 0.2) is 6.29 Å². The van der Waals surface area contributed by atoms with Crippen molar-refractivity contribution in [1.29, 1.82) is 0 Å². The molecule has 0 aromatic heterocycles. The molecule has 2 heterocycles. The van der Waals surface area contributed by atoms with E-state index in [0.717, 1.165) is 0 Å². The van der Waals surface area contributed by atoms with Crippen LogP contribution < -0.4 is 11.5 Å². The van der Waals surface area contributed by atoms with Crippen molar-refractivity contribution in [2.24, 2.45) is 11.5 Å². The first kappa shape index (κ1) is 23.3. The molecule has 28 heavy (non-hydrogen) atoms. The van der Waals surface area contributed by atoms with E-state index < -0.39 is 85.9 Å². The van der Waals surface area contributed by atoms with Gasteiger partial charge in [0, 0.05) is 6.42 Å². The minimum Gasteiger partial charge on any atom is -0.477 e. The van der Waals surface area contributed by atoms with E-state index in [9.17, 15) is 35.4 Å². The maximum atomic E-state index is 11.2. The molecule has 2 saturated heterocycles. The predicted molar refractivity (Wildman–Crippen MR) is 88.3 cm³/mol. The highest BCUT2D eigenvalue weighted by Crippen LogP contribution is 2.30. The number of aliphatic hydroxyl groups is 6. The molecule has 0 bridgehead atoms. The molecule has 2 rings (SSSR count). The van der Waals surface area contributed by atoms with Crippen LogP contribution in [0.25, 0.3) is 0 Å². The maximum absolute atomic E-state index is 11.2. The number of hydrogen-bond donors (Lipinski definition) is 9. The van der Waals surface area contributed by atoms with Crippen LogP contribution in [0, 0.1) is 0 Å². The summed E-state index contributed by atoms with van der Waals surface area (Å²) in [5, 5.41) is 67.9. The zero-order chi connectivity index (χ0) is 21.4. The molecule has 2 aliphatic rings. The number of carboxylic acids is 1. The van der Waals surface area contributed by atoms with Crippen LogP contribution in [0.3, 0.4) is 0 Å². The average molecular weight is 412 g/mol. The highest BCUT2D eigenvalue weighted by molar-refractivity contribution is 5.75. The van der Waals surface area contributed by atoms with E-state index in [2.05, 4.69) is 0 Å². The van der Waals surface area contributed by atoms with Gasteiger partial charge in [-0.25, -0.2) is 4.79 Å². The van der Waals surface area contributed by atoms with Crippen LogP contribution in [0.15, 0.2) is 0 Å². The molecule has 0 radical (unpaired) electrons. The van der Waals surface area contributed by atoms with Gasteiger partial charge in [-0.3, -0.25) is 0 Å². The molecule has 11 atom stereocenters. The van der Waals surface area contributed by atoms with Crippen molar-refractivity contribution in [3.05, 3.63) is 0 Å². The van der Waals surface area contributed by atoms with Gasteiger partial charge in [-0.1, -0.05) is 0 Å². The van der Waals surface area contributed by atoms with Crippen molar-refractivity contribution < 1.29 is 54.8 Å². The molecule has 2 fully saturated rings. The molecule has 0 saturated carbocycles. The Morgan fingerprint density at radius 2 is 1.86 bits per heavy atom. The summed E-state index contributed by atoms with van der Waals surface area (Å²) in [6.07, 6.45) is -12.1. The second-order valence-corrected chi connectivity index (χ2v) is 7.14. The van der Waals surface area contributed by atoms with Crippen LogP contribution >= 0.6 is 0 Å². The van der Waals surface area contributed by atoms with Crippen molar-refractivity contribution in [2.45, 2.75) is 80.2 Å². The summed E-state index contributed by atoms with van der Waals surface area (Å²) in [6.45, 7) is 0.753. The molecule has 0 unspecified atom stereocenters. The van der Waals surface area contributed by atoms with Crippen LogP contribution in [0.4, 0.5) is 0 Å². The monoisotopic (exact) mass is 412 g/mol. The van der Waals surface area contributed by atoms with Gasteiger partial charge in [0.1, 0.15) is 24.4 Å². The van der Waals surface area contributed by atoms with Gasteiger partial charge < -0.3 is 61.4 Å². The van der Waals surface area contributed by atoms with E-state index in [1.54, 1.807) is 0 Å². The number of rotatable bonds is 6. The van der Waals surface area contributed by atoms with E-state index in [4.69, 9.17) is 30.8 Å². The molecule has 0 aliphatic carbocycles. The van der Waals surface area contributed by atoms with Gasteiger partial charge in [-0.2, -0.15) is 0 Å². The normalized spacial score (nSPS) is 46.8. The Bertz CT molecular complexity index is 552. The Balaban J connectivity index is 2.10. The van der Waals surface area contributed by atoms with Gasteiger partial charge in [0.05, 0.1) is 37.0 Å². The second-order valence-electron chi connectivity index (χ2n) is 7.14. The number of aliphatic hydroxyl groups excluding tert-OH is 5. The highest BCUT2D eigenvalue weighted by Gasteiger charge is 2.52. The first-order valence-electron chi connectivity index (χ1n) is 8.71. The Morgan fingerprint density at radius 3 is 2.39 bits per heavy atom. The number of aliphatic carboxylic acids is 1. The highest BCUT2D eigenvalue weighted by atomic mass is 16.7. The number of hydrogen-bond acceptors (Lipinski definition) is 12. The van der Waals surface area contributed by atoms with Crippen molar-refractivity contribution in [1.82, 2.24) is 0 Å². The Kier molecular flexibility index (Phi) is 7.33. The first-order valence-corrected chi connectivity index (χ1v) is 8.71. The third-order valence-electron chi connectivity index (χ3n) is 5.09. The first-order chi connectivity index (χ1) is 12.9. The van der Waals surface area contributed by atoms with Gasteiger partial charge in [-0.15, -0.1) is 0 Å². The minimum atomic E-state index is -2.69. The molecular formula is C15H28N2O11. The standard InChI is InChI=1S/C15H28N2O11/c1-4(26-13-11(22)10(21)9(20)6(3-18)27-13)7(16)12-8(17)5(19)2-15(25,28-12)14(23)24/h4-13,18-22,25H,2-3,16-17H2,1H3,(H,23,24)/t4-,5+,6-,7-,8-,9-,10+,11-,12+,13+,15+/m1/s1. The quantitative estimate of drug-likeness (QED) is 0.198. The summed E-state index contributed by atoms with van der Waals surface area (Å²) >= 11 is 0. The van der Waals surface area contributed by atoms with Gasteiger partial charge >= 0.3 is 5.97 Å². The van der Waals surface area contributed by atoms with Crippen LogP contribution in [-0.4, -0.2) is 115 Å². The summed E-state index contributed by atoms with van der Waals surface area (Å²) in [5.41, 5.74) is 11.8. The second kappa shape index (κ2) is 8.81. The van der Waals surface area contributed by atoms with Crippen LogP contribution in [-0.2, 0) is 19.0 Å². The third-order valence-corrected chi connectivity index (χ3v) is 5.09. The molecule has 0 aromatic rings. The fourth-order valence-corrected chi connectivity index (χ4v) is 3.21. The zero-order valence-electron chi connectivity index (χ0n) is 15.1. The number of carbonyl (C=O) groups is 1. The van der Waals surface area contributed by atoms with E-state index in [1.807, 2.05) is 0 Å². The van der Waals surface area contributed by atoms with E-state index in [1.165, 1.54) is 6.92 Å². The summed E-state index contributed by atoms with van der Waals surface area (Å²) in [5.74, 6) is -4.42. The fraction of sp³-hybridized carbons (Fsp3) is 0.933. The Labute approximate surface area is 160 Å². The van der Waals surface area contributed by atoms with Crippen molar-refractivity contribution in [2.75, 3.05) is 6.61 Å². The molecule has 13 nitrogen and oxygen atoms in total. The summed E-state index contributed by atoms with van der Waals surface area (Å²) in [6, 6.07) is -2.33. The van der Waals surface area contributed by atoms with Crippen LogP contribution in [0.1, 0.15) is 13.3 Å². The number of ether oxygens (including phenoxy) is 3.